The summed E-state index contributed by atoms with van der Waals surface area (Å²) in [6.45, 7) is 4.36. The van der Waals surface area contributed by atoms with E-state index in [1.165, 1.54) is 43.2 Å². The molecule has 0 radical (unpaired) electrons. The third-order valence-electron chi connectivity index (χ3n) is 4.53. The first kappa shape index (κ1) is 15.2. The minimum Gasteiger partial charge on any atom is -0.496 e. The molecule has 1 heteroatoms. The number of aryl methyl sites for hydroxylation is 1. The smallest absolute Gasteiger partial charge is 0.122 e. The van der Waals surface area contributed by atoms with Crippen LogP contribution in [0.25, 0.3) is 0 Å². The molecule has 0 amide bonds. The van der Waals surface area contributed by atoms with Crippen LogP contribution in [0.3, 0.4) is 0 Å². The quantitative estimate of drug-likeness (QED) is 0.643. The average molecular weight is 272 g/mol. The molecule has 0 bridgehead atoms. The van der Waals surface area contributed by atoms with Crippen LogP contribution in [-0.4, -0.2) is 7.11 Å². The van der Waals surface area contributed by atoms with Crippen molar-refractivity contribution in [2.45, 2.75) is 58.3 Å². The van der Waals surface area contributed by atoms with E-state index in [1.807, 2.05) is 0 Å². The van der Waals surface area contributed by atoms with Crippen molar-refractivity contribution in [3.05, 3.63) is 41.5 Å². The summed E-state index contributed by atoms with van der Waals surface area (Å²) in [6, 6.07) is 6.83. The highest BCUT2D eigenvalue weighted by Crippen LogP contribution is 2.37. The maximum atomic E-state index is 5.48. The summed E-state index contributed by atoms with van der Waals surface area (Å²) >= 11 is 0. The number of ether oxygens (including phenoxy) is 1. The van der Waals surface area contributed by atoms with Gasteiger partial charge >= 0.3 is 0 Å². The van der Waals surface area contributed by atoms with Gasteiger partial charge in [0, 0.05) is 0 Å². The van der Waals surface area contributed by atoms with E-state index in [0.29, 0.717) is 0 Å². The normalized spacial score (nSPS) is 23.1. The van der Waals surface area contributed by atoms with Gasteiger partial charge in [0.25, 0.3) is 0 Å². The molecule has 0 aromatic heterocycles. The van der Waals surface area contributed by atoms with Gasteiger partial charge in [-0.3, -0.25) is 0 Å². The lowest BCUT2D eigenvalue weighted by molar-refractivity contribution is 0.374. The molecule has 1 aromatic rings. The third kappa shape index (κ3) is 3.65. The Kier molecular flexibility index (Phi) is 5.70. The molecule has 0 N–H and O–H groups in total. The fourth-order valence-electron chi connectivity index (χ4n) is 3.43. The van der Waals surface area contributed by atoms with E-state index in [2.05, 4.69) is 44.2 Å². The third-order valence-corrected chi connectivity index (χ3v) is 4.53. The second kappa shape index (κ2) is 7.52. The number of allylic oxidation sites excluding steroid dienone is 2. The molecule has 0 aliphatic heterocycles. The van der Waals surface area contributed by atoms with Crippen molar-refractivity contribution in [2.75, 3.05) is 7.11 Å². The van der Waals surface area contributed by atoms with Crippen LogP contribution in [0.4, 0.5) is 0 Å². The summed E-state index contributed by atoms with van der Waals surface area (Å²) in [7, 11) is 1.77. The van der Waals surface area contributed by atoms with Crippen LogP contribution in [0, 0.1) is 5.92 Å². The fraction of sp³-hybridized carbons (Fsp3) is 0.579. The molecule has 1 nitrogen and oxygen atoms in total. The molecular weight excluding hydrogens is 244 g/mol. The minimum atomic E-state index is 0.748. The van der Waals surface area contributed by atoms with E-state index in [4.69, 9.17) is 4.74 Å². The van der Waals surface area contributed by atoms with E-state index in [1.54, 1.807) is 7.11 Å². The van der Waals surface area contributed by atoms with Crippen LogP contribution in [0.2, 0.25) is 0 Å². The lowest BCUT2D eigenvalue weighted by atomic mass is 9.78. The first-order valence-electron chi connectivity index (χ1n) is 8.08. The van der Waals surface area contributed by atoms with Gasteiger partial charge in [-0.25, -0.2) is 0 Å². The maximum absolute atomic E-state index is 5.48. The summed E-state index contributed by atoms with van der Waals surface area (Å²) in [5.41, 5.74) is 2.90. The summed E-state index contributed by atoms with van der Waals surface area (Å²) in [5, 5.41) is 0. The predicted molar refractivity (Wildman–Crippen MR) is 86.5 cm³/mol. The Bertz CT molecular complexity index is 439. The SMILES string of the molecule is C/C=C/C1CCC(c2ccc(OC)c(CCC)c2)CC1. The molecule has 0 saturated heterocycles. The standard InChI is InChI=1S/C19H28O/c1-4-6-15-8-10-16(11-9-15)17-12-13-19(20-3)18(14-17)7-5-2/h4,6,12-16H,5,7-11H2,1-3H3/b6-4+. The molecule has 2 rings (SSSR count). The Labute approximate surface area is 124 Å². The fourth-order valence-corrected chi connectivity index (χ4v) is 3.43. The molecule has 1 aliphatic carbocycles. The number of hydrogen-bond acceptors (Lipinski definition) is 1. The van der Waals surface area contributed by atoms with E-state index >= 15 is 0 Å². The highest BCUT2D eigenvalue weighted by Gasteiger charge is 2.21. The Morgan fingerprint density at radius 2 is 1.95 bits per heavy atom. The number of rotatable bonds is 5. The first-order valence-corrected chi connectivity index (χ1v) is 8.08. The van der Waals surface area contributed by atoms with Gasteiger partial charge in [-0.15, -0.1) is 0 Å². The summed E-state index contributed by atoms with van der Waals surface area (Å²) < 4.78 is 5.48. The minimum absolute atomic E-state index is 0.748. The highest BCUT2D eigenvalue weighted by atomic mass is 16.5. The van der Waals surface area contributed by atoms with E-state index in [9.17, 15) is 0 Å². The molecule has 1 fully saturated rings. The molecule has 1 saturated carbocycles. The molecule has 0 spiro atoms. The second-order valence-electron chi connectivity index (χ2n) is 5.96. The molecule has 0 atom stereocenters. The van der Waals surface area contributed by atoms with Gasteiger partial charge in [0.15, 0.2) is 0 Å². The van der Waals surface area contributed by atoms with Crippen LogP contribution in [0.15, 0.2) is 30.4 Å². The van der Waals surface area contributed by atoms with Crippen molar-refractivity contribution in [1.82, 2.24) is 0 Å². The van der Waals surface area contributed by atoms with Gasteiger partial charge in [0.05, 0.1) is 7.11 Å². The van der Waals surface area contributed by atoms with E-state index < -0.39 is 0 Å². The lowest BCUT2D eigenvalue weighted by Crippen LogP contribution is -2.12. The van der Waals surface area contributed by atoms with Crippen LogP contribution < -0.4 is 4.74 Å². The van der Waals surface area contributed by atoms with Gasteiger partial charge in [-0.05, 0) is 68.1 Å². The van der Waals surface area contributed by atoms with Crippen molar-refractivity contribution < 1.29 is 4.74 Å². The van der Waals surface area contributed by atoms with Crippen molar-refractivity contribution in [3.8, 4) is 5.75 Å². The topological polar surface area (TPSA) is 9.23 Å². The summed E-state index contributed by atoms with van der Waals surface area (Å²) in [4.78, 5) is 0. The predicted octanol–water partition coefficient (Wildman–Crippen LogP) is 5.50. The molecule has 1 aromatic carbocycles. The maximum Gasteiger partial charge on any atom is 0.122 e. The van der Waals surface area contributed by atoms with Crippen LogP contribution in [0.1, 0.15) is 63.0 Å². The lowest BCUT2D eigenvalue weighted by Gasteiger charge is -2.27. The highest BCUT2D eigenvalue weighted by molar-refractivity contribution is 5.39. The Hall–Kier alpha value is -1.24. The van der Waals surface area contributed by atoms with Gasteiger partial charge < -0.3 is 4.74 Å². The van der Waals surface area contributed by atoms with Crippen LogP contribution in [-0.2, 0) is 6.42 Å². The van der Waals surface area contributed by atoms with Crippen LogP contribution in [0.5, 0.6) is 5.75 Å². The van der Waals surface area contributed by atoms with E-state index in [-0.39, 0.29) is 0 Å². The van der Waals surface area contributed by atoms with E-state index in [0.717, 1.165) is 24.0 Å². The molecule has 20 heavy (non-hydrogen) atoms. The molecule has 1 aliphatic rings. The summed E-state index contributed by atoms with van der Waals surface area (Å²) in [5.74, 6) is 2.61. The molecular formula is C19H28O. The van der Waals surface area contributed by atoms with Crippen LogP contribution >= 0.6 is 0 Å². The Balaban J connectivity index is 2.08. The van der Waals surface area contributed by atoms with Crippen molar-refractivity contribution in [2.24, 2.45) is 5.92 Å². The zero-order valence-corrected chi connectivity index (χ0v) is 13.2. The van der Waals surface area contributed by atoms with Crippen molar-refractivity contribution in [3.63, 3.8) is 0 Å². The Morgan fingerprint density at radius 3 is 2.55 bits per heavy atom. The van der Waals surface area contributed by atoms with Crippen molar-refractivity contribution in [1.29, 1.82) is 0 Å². The monoisotopic (exact) mass is 272 g/mol. The zero-order valence-electron chi connectivity index (χ0n) is 13.2. The second-order valence-corrected chi connectivity index (χ2v) is 5.96. The van der Waals surface area contributed by atoms with Gasteiger partial charge in [-0.1, -0.05) is 37.6 Å². The Morgan fingerprint density at radius 1 is 1.20 bits per heavy atom. The molecule has 0 unspecified atom stereocenters. The average Bonchev–Trinajstić information content (AvgIpc) is 2.49. The van der Waals surface area contributed by atoms with Crippen molar-refractivity contribution >= 4 is 0 Å². The zero-order chi connectivity index (χ0) is 14.4. The largest absolute Gasteiger partial charge is 0.496 e. The number of hydrogen-bond donors (Lipinski definition) is 0. The first-order chi connectivity index (χ1) is 9.78. The molecule has 110 valence electrons. The van der Waals surface area contributed by atoms with Gasteiger partial charge in [0.1, 0.15) is 5.75 Å². The number of benzene rings is 1. The van der Waals surface area contributed by atoms with Gasteiger partial charge in [-0.2, -0.15) is 0 Å². The molecule has 0 heterocycles. The summed E-state index contributed by atoms with van der Waals surface area (Å²) in [6.07, 6.45) is 12.2. The van der Waals surface area contributed by atoms with Gasteiger partial charge in [0.2, 0.25) is 0 Å². The number of methoxy groups -OCH3 is 1.